The molecule has 1 saturated heterocycles. The molecule has 106 valence electrons. The lowest BCUT2D eigenvalue weighted by Crippen LogP contribution is -2.28. The van der Waals surface area contributed by atoms with Crippen molar-refractivity contribution >= 4 is 13.8 Å². The Bertz CT molecular complexity index is 501. The second-order valence-electron chi connectivity index (χ2n) is 4.12. The lowest BCUT2D eigenvalue weighted by Gasteiger charge is -2.28. The van der Waals surface area contributed by atoms with Gasteiger partial charge in [0.2, 0.25) is 0 Å². The van der Waals surface area contributed by atoms with Crippen molar-refractivity contribution in [1.29, 1.82) is 0 Å². The van der Waals surface area contributed by atoms with E-state index in [9.17, 15) is 14.6 Å². The van der Waals surface area contributed by atoms with Gasteiger partial charge < -0.3 is 25.0 Å². The van der Waals surface area contributed by atoms with Crippen LogP contribution < -0.4 is 21.2 Å². The zero-order valence-corrected chi connectivity index (χ0v) is 10.7. The molecule has 19 heavy (non-hydrogen) atoms. The summed E-state index contributed by atoms with van der Waals surface area (Å²) in [6.07, 6.45) is -0.143. The van der Waals surface area contributed by atoms with Gasteiger partial charge in [-0.15, -0.1) is 0 Å². The Kier molecular flexibility index (Phi) is 4.14. The van der Waals surface area contributed by atoms with Crippen molar-refractivity contribution in [2.24, 2.45) is 0 Å². The predicted molar refractivity (Wildman–Crippen MR) is 61.4 cm³/mol. The molecule has 9 nitrogen and oxygen atoms in total. The summed E-state index contributed by atoms with van der Waals surface area (Å²) in [5.41, 5.74) is 4.81. The van der Waals surface area contributed by atoms with E-state index in [1.807, 2.05) is 0 Å². The first-order chi connectivity index (χ1) is 8.85. The van der Waals surface area contributed by atoms with Crippen LogP contribution in [0.1, 0.15) is 12.6 Å². The molecule has 0 unspecified atom stereocenters. The molecule has 3 N–H and O–H groups in total. The van der Waals surface area contributed by atoms with Crippen LogP contribution in [0.3, 0.4) is 0 Å². The first kappa shape index (κ1) is 14.3. The quantitative estimate of drug-likeness (QED) is 0.581. The van der Waals surface area contributed by atoms with Crippen LogP contribution in [0.5, 0.6) is 0 Å². The van der Waals surface area contributed by atoms with E-state index in [4.69, 9.17) is 20.1 Å². The summed E-state index contributed by atoms with van der Waals surface area (Å²) in [6, 6.07) is 1.46. The third-order valence-corrected chi connectivity index (χ3v) is 3.05. The van der Waals surface area contributed by atoms with E-state index in [-0.39, 0.29) is 18.8 Å². The molecule has 2 heterocycles. The monoisotopic (exact) mass is 290 g/mol. The summed E-state index contributed by atoms with van der Waals surface area (Å²) in [6.45, 7) is 0.126. The topological polar surface area (TPSA) is 146 Å². The molecular weight excluding hydrogens is 277 g/mol. The normalized spacial score (nSPS) is 23.7. The standard InChI is InChI=1S/C9H14N3O6P/c10-7-1-2-12(9(13)11-7)8-3-6(4-17-8)18-5-19(14,15)16/h1-2,6,8H,3-5H2,(H2,10,11,13)(H2,14,15,16)/p-1/t6-,8-/m1/s1. The van der Waals surface area contributed by atoms with E-state index >= 15 is 0 Å². The van der Waals surface area contributed by atoms with Gasteiger partial charge in [-0.2, -0.15) is 4.98 Å². The van der Waals surface area contributed by atoms with Gasteiger partial charge in [-0.05, 0) is 6.07 Å². The molecule has 0 aliphatic carbocycles. The number of anilines is 1. The Hall–Kier alpha value is -1.09. The van der Waals surface area contributed by atoms with Crippen molar-refractivity contribution in [1.82, 2.24) is 9.55 Å². The van der Waals surface area contributed by atoms with Crippen LogP contribution in [0.15, 0.2) is 17.1 Å². The second-order valence-corrected chi connectivity index (χ2v) is 5.65. The van der Waals surface area contributed by atoms with Gasteiger partial charge >= 0.3 is 5.69 Å². The van der Waals surface area contributed by atoms with Crippen molar-refractivity contribution in [2.45, 2.75) is 18.8 Å². The smallest absolute Gasteiger partial charge is 0.351 e. The van der Waals surface area contributed by atoms with Gasteiger partial charge in [0.15, 0.2) is 6.35 Å². The maximum absolute atomic E-state index is 11.6. The molecule has 0 saturated carbocycles. The Morgan fingerprint density at radius 3 is 3.05 bits per heavy atom. The molecule has 0 amide bonds. The Labute approximate surface area is 108 Å². The van der Waals surface area contributed by atoms with Gasteiger partial charge in [0, 0.05) is 12.6 Å². The molecule has 2 atom stereocenters. The van der Waals surface area contributed by atoms with Crippen LogP contribution in [0.25, 0.3) is 0 Å². The van der Waals surface area contributed by atoms with E-state index in [0.29, 0.717) is 0 Å². The molecule has 1 aliphatic heterocycles. The number of nitrogens with zero attached hydrogens (tertiary/aromatic N) is 2. The Morgan fingerprint density at radius 2 is 2.42 bits per heavy atom. The van der Waals surface area contributed by atoms with Crippen molar-refractivity contribution in [3.05, 3.63) is 22.7 Å². The van der Waals surface area contributed by atoms with Gasteiger partial charge in [0.05, 0.1) is 20.7 Å². The SMILES string of the molecule is Nc1ccn([C@H]2C[C@@H](OC[P+]([O-])([O-])O)CO2)c(=O)n1. The molecule has 1 aromatic rings. The van der Waals surface area contributed by atoms with Crippen molar-refractivity contribution in [2.75, 3.05) is 18.7 Å². The number of rotatable bonds is 4. The highest BCUT2D eigenvalue weighted by Crippen LogP contribution is 2.35. The largest absolute Gasteiger partial charge is 0.658 e. The summed E-state index contributed by atoms with van der Waals surface area (Å²) in [7, 11) is -4.45. The zero-order valence-electron chi connectivity index (χ0n) is 9.84. The molecule has 0 radical (unpaired) electrons. The highest BCUT2D eigenvalue weighted by Gasteiger charge is 2.29. The first-order valence-corrected chi connectivity index (χ1v) is 7.22. The van der Waals surface area contributed by atoms with Gasteiger partial charge in [0.1, 0.15) is 12.0 Å². The minimum atomic E-state index is -4.45. The van der Waals surface area contributed by atoms with Gasteiger partial charge in [-0.3, -0.25) is 9.46 Å². The van der Waals surface area contributed by atoms with Gasteiger partial charge in [0.25, 0.3) is 0 Å². The lowest BCUT2D eigenvalue weighted by atomic mass is 10.3. The van der Waals surface area contributed by atoms with Crippen LogP contribution in [-0.4, -0.2) is 33.5 Å². The van der Waals surface area contributed by atoms with Crippen LogP contribution in [0, 0.1) is 0 Å². The molecular formula is C9H13N3O6P-. The van der Waals surface area contributed by atoms with Crippen LogP contribution in [0.4, 0.5) is 5.82 Å². The average Bonchev–Trinajstić information content (AvgIpc) is 2.74. The third-order valence-electron chi connectivity index (χ3n) is 2.57. The first-order valence-electron chi connectivity index (χ1n) is 5.46. The molecule has 0 spiro atoms. The molecule has 0 aromatic carbocycles. The highest BCUT2D eigenvalue weighted by atomic mass is 31.2. The summed E-state index contributed by atoms with van der Waals surface area (Å²) in [5.74, 6) is 0.111. The Balaban J connectivity index is 1.96. The minimum Gasteiger partial charge on any atom is -0.658 e. The molecule has 10 heteroatoms. The zero-order chi connectivity index (χ0) is 14.0. The number of nitrogens with two attached hydrogens (primary N) is 1. The number of aromatic nitrogens is 2. The number of hydrogen-bond acceptors (Lipinski definition) is 8. The third kappa shape index (κ3) is 3.93. The summed E-state index contributed by atoms with van der Waals surface area (Å²) in [4.78, 5) is 44.9. The van der Waals surface area contributed by atoms with Crippen LogP contribution in [0.2, 0.25) is 0 Å². The van der Waals surface area contributed by atoms with Crippen molar-refractivity contribution < 1.29 is 24.2 Å². The molecule has 0 bridgehead atoms. The molecule has 1 aliphatic rings. The van der Waals surface area contributed by atoms with E-state index < -0.39 is 32.3 Å². The van der Waals surface area contributed by atoms with Crippen molar-refractivity contribution in [3.8, 4) is 0 Å². The second kappa shape index (κ2) is 5.49. The number of ether oxygens (including phenoxy) is 2. The lowest BCUT2D eigenvalue weighted by molar-refractivity contribution is -0.337. The van der Waals surface area contributed by atoms with E-state index in [1.165, 1.54) is 16.8 Å². The van der Waals surface area contributed by atoms with E-state index in [0.717, 1.165) is 0 Å². The number of hydrogen-bond donors (Lipinski definition) is 2. The van der Waals surface area contributed by atoms with Gasteiger partial charge in [-0.25, -0.2) is 4.79 Å². The summed E-state index contributed by atoms with van der Waals surface area (Å²) >= 11 is 0. The van der Waals surface area contributed by atoms with Crippen LogP contribution in [-0.2, 0) is 9.47 Å². The van der Waals surface area contributed by atoms with Crippen LogP contribution >= 0.6 is 7.94 Å². The molecule has 1 aromatic heterocycles. The average molecular weight is 290 g/mol. The van der Waals surface area contributed by atoms with Gasteiger partial charge in [-0.1, -0.05) is 0 Å². The molecule has 1 fully saturated rings. The fraction of sp³-hybridized carbons (Fsp3) is 0.556. The Morgan fingerprint density at radius 1 is 1.68 bits per heavy atom. The predicted octanol–water partition coefficient (Wildman–Crippen LogP) is -2.44. The maximum Gasteiger partial charge on any atom is 0.351 e. The van der Waals surface area contributed by atoms with E-state index in [2.05, 4.69) is 4.98 Å². The minimum absolute atomic E-state index is 0.111. The van der Waals surface area contributed by atoms with E-state index in [1.54, 1.807) is 0 Å². The maximum atomic E-state index is 11.6. The molecule has 2 rings (SSSR count). The number of nitrogen functional groups attached to an aromatic ring is 1. The summed E-state index contributed by atoms with van der Waals surface area (Å²) in [5, 5.41) is 0. The fourth-order valence-electron chi connectivity index (χ4n) is 1.73. The highest BCUT2D eigenvalue weighted by molar-refractivity contribution is 7.55. The summed E-state index contributed by atoms with van der Waals surface area (Å²) < 4.78 is 11.5. The fourth-order valence-corrected chi connectivity index (χ4v) is 2.13. The van der Waals surface area contributed by atoms with Crippen molar-refractivity contribution in [3.63, 3.8) is 0 Å².